The zero-order valence-corrected chi connectivity index (χ0v) is 16.7. The van der Waals surface area contributed by atoms with Gasteiger partial charge in [0.15, 0.2) is 0 Å². The first-order chi connectivity index (χ1) is 12.9. The third-order valence-corrected chi connectivity index (χ3v) is 5.76. The molecule has 2 heterocycles. The van der Waals surface area contributed by atoms with Crippen LogP contribution < -0.4 is 14.4 Å². The van der Waals surface area contributed by atoms with Crippen molar-refractivity contribution in [3.8, 4) is 5.75 Å². The molecular formula is C17H21ClN4O4S. The molecule has 0 spiro atoms. The first-order valence-corrected chi connectivity index (χ1v) is 10.3. The highest BCUT2D eigenvalue weighted by molar-refractivity contribution is 7.89. The Bertz CT molecular complexity index is 917. The molecule has 1 N–H and O–H groups in total. The van der Waals surface area contributed by atoms with Gasteiger partial charge in [0.05, 0.1) is 42.5 Å². The zero-order chi connectivity index (χ0) is 19.4. The maximum absolute atomic E-state index is 12.5. The van der Waals surface area contributed by atoms with E-state index in [2.05, 4.69) is 14.7 Å². The van der Waals surface area contributed by atoms with Crippen molar-refractivity contribution in [3.05, 3.63) is 40.7 Å². The van der Waals surface area contributed by atoms with Crippen molar-refractivity contribution in [2.75, 3.05) is 38.3 Å². The molecule has 2 aromatic rings. The van der Waals surface area contributed by atoms with E-state index in [1.165, 1.54) is 25.3 Å². The summed E-state index contributed by atoms with van der Waals surface area (Å²) >= 11 is 6.03. The summed E-state index contributed by atoms with van der Waals surface area (Å²) in [6.07, 6.45) is 0. The second kappa shape index (κ2) is 8.39. The average molecular weight is 413 g/mol. The third kappa shape index (κ3) is 4.86. The van der Waals surface area contributed by atoms with Crippen molar-refractivity contribution >= 4 is 27.6 Å². The number of halogens is 1. The van der Waals surface area contributed by atoms with Crippen molar-refractivity contribution < 1.29 is 17.9 Å². The molecular weight excluding hydrogens is 392 g/mol. The van der Waals surface area contributed by atoms with E-state index < -0.39 is 10.0 Å². The highest BCUT2D eigenvalue weighted by Gasteiger charge is 2.18. The van der Waals surface area contributed by atoms with E-state index in [4.69, 9.17) is 21.1 Å². The SMILES string of the molecule is COc1ccc(S(=O)(=O)NCc2cc(C)nc(N3CCOCC3)n2)cc1Cl. The fourth-order valence-corrected chi connectivity index (χ4v) is 4.03. The van der Waals surface area contributed by atoms with Gasteiger partial charge in [-0.2, -0.15) is 0 Å². The fraction of sp³-hybridized carbons (Fsp3) is 0.412. The van der Waals surface area contributed by atoms with E-state index in [1.54, 1.807) is 6.07 Å². The molecule has 0 saturated carbocycles. The van der Waals surface area contributed by atoms with Crippen LogP contribution in [0.4, 0.5) is 5.95 Å². The number of nitrogens with zero attached hydrogens (tertiary/aromatic N) is 3. The van der Waals surface area contributed by atoms with Gasteiger partial charge in [-0.25, -0.2) is 23.1 Å². The van der Waals surface area contributed by atoms with Crippen LogP contribution in [0.15, 0.2) is 29.2 Å². The Morgan fingerprint density at radius 2 is 2.00 bits per heavy atom. The number of sulfonamides is 1. The second-order valence-electron chi connectivity index (χ2n) is 6.02. The first kappa shape index (κ1) is 19.8. The van der Waals surface area contributed by atoms with Crippen molar-refractivity contribution in [1.82, 2.24) is 14.7 Å². The number of nitrogens with one attached hydrogen (secondary N) is 1. The molecule has 1 saturated heterocycles. The smallest absolute Gasteiger partial charge is 0.240 e. The molecule has 146 valence electrons. The fourth-order valence-electron chi connectivity index (χ4n) is 2.68. The zero-order valence-electron chi connectivity index (χ0n) is 15.1. The molecule has 10 heteroatoms. The van der Waals surface area contributed by atoms with Crippen molar-refractivity contribution in [1.29, 1.82) is 0 Å². The number of hydrogen-bond acceptors (Lipinski definition) is 7. The lowest BCUT2D eigenvalue weighted by Gasteiger charge is -2.27. The molecule has 1 fully saturated rings. The van der Waals surface area contributed by atoms with Crippen LogP contribution in [-0.4, -0.2) is 51.8 Å². The molecule has 8 nitrogen and oxygen atoms in total. The number of methoxy groups -OCH3 is 1. The molecule has 1 aliphatic heterocycles. The van der Waals surface area contributed by atoms with Crippen LogP contribution in [0.5, 0.6) is 5.75 Å². The molecule has 27 heavy (non-hydrogen) atoms. The van der Waals surface area contributed by atoms with Gasteiger partial charge in [0.1, 0.15) is 5.75 Å². The number of aryl methyl sites for hydroxylation is 1. The summed E-state index contributed by atoms with van der Waals surface area (Å²) in [5, 5.41) is 0.229. The lowest BCUT2D eigenvalue weighted by molar-refractivity contribution is 0.122. The minimum atomic E-state index is -3.74. The van der Waals surface area contributed by atoms with Gasteiger partial charge >= 0.3 is 0 Å². The van der Waals surface area contributed by atoms with Crippen LogP contribution >= 0.6 is 11.6 Å². The number of anilines is 1. The number of morpholine rings is 1. The number of benzene rings is 1. The molecule has 0 aliphatic carbocycles. The molecule has 0 atom stereocenters. The predicted octanol–water partition coefficient (Wildman–Crippen LogP) is 1.76. The molecule has 1 aromatic carbocycles. The molecule has 3 rings (SSSR count). The first-order valence-electron chi connectivity index (χ1n) is 8.39. The van der Waals surface area contributed by atoms with Crippen molar-refractivity contribution in [2.24, 2.45) is 0 Å². The molecule has 1 aromatic heterocycles. The average Bonchev–Trinajstić information content (AvgIpc) is 2.67. The minimum absolute atomic E-state index is 0.0483. The van der Waals surface area contributed by atoms with Gasteiger partial charge in [0.2, 0.25) is 16.0 Å². The van der Waals surface area contributed by atoms with Crippen LogP contribution in [0.3, 0.4) is 0 Å². The van der Waals surface area contributed by atoms with Gasteiger partial charge in [0, 0.05) is 18.8 Å². The lowest BCUT2D eigenvalue weighted by atomic mass is 10.3. The van der Waals surface area contributed by atoms with Gasteiger partial charge in [-0.05, 0) is 31.2 Å². The summed E-state index contributed by atoms with van der Waals surface area (Å²) < 4.78 is 38.0. The molecule has 0 radical (unpaired) electrons. The van der Waals surface area contributed by atoms with Gasteiger partial charge < -0.3 is 14.4 Å². The molecule has 1 aliphatic rings. The van der Waals surface area contributed by atoms with Crippen LogP contribution in [0.1, 0.15) is 11.4 Å². The summed E-state index contributed by atoms with van der Waals surface area (Å²) in [4.78, 5) is 11.0. The second-order valence-corrected chi connectivity index (χ2v) is 8.20. The number of aromatic nitrogens is 2. The van der Waals surface area contributed by atoms with E-state index >= 15 is 0 Å². The maximum atomic E-state index is 12.5. The monoisotopic (exact) mass is 412 g/mol. The summed E-state index contributed by atoms with van der Waals surface area (Å²) in [5.41, 5.74) is 1.36. The van der Waals surface area contributed by atoms with E-state index in [9.17, 15) is 8.42 Å². The Labute approximate surface area is 163 Å². The predicted molar refractivity (Wildman–Crippen MR) is 102 cm³/mol. The van der Waals surface area contributed by atoms with Crippen molar-refractivity contribution in [2.45, 2.75) is 18.4 Å². The minimum Gasteiger partial charge on any atom is -0.495 e. The molecule has 0 bridgehead atoms. The largest absolute Gasteiger partial charge is 0.495 e. The summed E-state index contributed by atoms with van der Waals surface area (Å²) in [6.45, 7) is 4.56. The molecule has 0 unspecified atom stereocenters. The Morgan fingerprint density at radius 3 is 2.67 bits per heavy atom. The van der Waals surface area contributed by atoms with E-state index in [-0.39, 0.29) is 16.5 Å². The summed E-state index contributed by atoms with van der Waals surface area (Å²) in [6, 6.07) is 6.07. The Hall–Kier alpha value is -1.94. The van der Waals surface area contributed by atoms with Gasteiger partial charge in [-0.3, -0.25) is 0 Å². The van der Waals surface area contributed by atoms with Crippen LogP contribution in [0.2, 0.25) is 5.02 Å². The lowest BCUT2D eigenvalue weighted by Crippen LogP contribution is -2.37. The standard InChI is InChI=1S/C17H21ClN4O4S/c1-12-9-13(21-17(20-12)22-5-7-26-8-6-22)11-19-27(23,24)14-3-4-16(25-2)15(18)10-14/h3-4,9-10,19H,5-8,11H2,1-2H3. The van der Waals surface area contributed by atoms with Gasteiger partial charge in [0.25, 0.3) is 0 Å². The quantitative estimate of drug-likeness (QED) is 0.772. The van der Waals surface area contributed by atoms with Crippen LogP contribution in [-0.2, 0) is 21.3 Å². The number of ether oxygens (including phenoxy) is 2. The normalized spacial score (nSPS) is 15.0. The Balaban J connectivity index is 1.75. The summed E-state index contributed by atoms with van der Waals surface area (Å²) in [7, 11) is -2.27. The number of rotatable bonds is 6. The summed E-state index contributed by atoms with van der Waals surface area (Å²) in [5.74, 6) is 0.997. The Kier molecular flexibility index (Phi) is 6.15. The highest BCUT2D eigenvalue weighted by Crippen LogP contribution is 2.26. The van der Waals surface area contributed by atoms with Crippen LogP contribution in [0, 0.1) is 6.92 Å². The molecule has 0 amide bonds. The van der Waals surface area contributed by atoms with Crippen LogP contribution in [0.25, 0.3) is 0 Å². The van der Waals surface area contributed by atoms with E-state index in [0.717, 1.165) is 5.69 Å². The maximum Gasteiger partial charge on any atom is 0.240 e. The van der Waals surface area contributed by atoms with Gasteiger partial charge in [-0.15, -0.1) is 0 Å². The highest BCUT2D eigenvalue weighted by atomic mass is 35.5. The topological polar surface area (TPSA) is 93.7 Å². The van der Waals surface area contributed by atoms with E-state index in [1.807, 2.05) is 11.8 Å². The van der Waals surface area contributed by atoms with E-state index in [0.29, 0.717) is 43.7 Å². The van der Waals surface area contributed by atoms with Crippen molar-refractivity contribution in [3.63, 3.8) is 0 Å². The number of hydrogen-bond donors (Lipinski definition) is 1. The third-order valence-electron chi connectivity index (χ3n) is 4.07. The van der Waals surface area contributed by atoms with Gasteiger partial charge in [-0.1, -0.05) is 11.6 Å². The Morgan fingerprint density at radius 1 is 1.26 bits per heavy atom.